The Bertz CT molecular complexity index is 600. The third kappa shape index (κ3) is 1.77. The SMILES string of the molecule is NC1CCn2c(nc3ccc(C(F)(F)F)cc32)C1. The average molecular weight is 255 g/mol. The number of nitrogens with two attached hydrogens (primary N) is 1. The van der Waals surface area contributed by atoms with Crippen LogP contribution in [0.5, 0.6) is 0 Å². The lowest BCUT2D eigenvalue weighted by Gasteiger charge is -2.20. The topological polar surface area (TPSA) is 43.8 Å². The van der Waals surface area contributed by atoms with Gasteiger partial charge in [-0.3, -0.25) is 0 Å². The molecule has 2 heterocycles. The summed E-state index contributed by atoms with van der Waals surface area (Å²) in [5, 5.41) is 0. The summed E-state index contributed by atoms with van der Waals surface area (Å²) in [6.45, 7) is 0.633. The van der Waals surface area contributed by atoms with E-state index in [1.807, 2.05) is 4.57 Å². The second kappa shape index (κ2) is 3.71. The molecule has 0 spiro atoms. The van der Waals surface area contributed by atoms with Crippen molar-refractivity contribution in [3.63, 3.8) is 0 Å². The van der Waals surface area contributed by atoms with Crippen molar-refractivity contribution in [1.29, 1.82) is 0 Å². The molecule has 0 saturated carbocycles. The van der Waals surface area contributed by atoms with Crippen molar-refractivity contribution in [2.45, 2.75) is 31.6 Å². The third-order valence-corrected chi connectivity index (χ3v) is 3.32. The maximum Gasteiger partial charge on any atom is 0.416 e. The Morgan fingerprint density at radius 2 is 2.11 bits per heavy atom. The molecule has 0 aliphatic carbocycles. The maximum absolute atomic E-state index is 12.7. The Kier molecular flexibility index (Phi) is 2.38. The normalized spacial score (nSPS) is 20.1. The van der Waals surface area contributed by atoms with Crippen molar-refractivity contribution in [3.05, 3.63) is 29.6 Å². The molecule has 1 aromatic heterocycles. The molecule has 0 amide bonds. The fourth-order valence-corrected chi connectivity index (χ4v) is 2.39. The highest BCUT2D eigenvalue weighted by molar-refractivity contribution is 5.77. The van der Waals surface area contributed by atoms with Crippen molar-refractivity contribution >= 4 is 11.0 Å². The van der Waals surface area contributed by atoms with E-state index in [1.54, 1.807) is 0 Å². The number of aromatic nitrogens is 2. The minimum atomic E-state index is -4.32. The van der Waals surface area contributed by atoms with Crippen LogP contribution in [0.4, 0.5) is 13.2 Å². The highest BCUT2D eigenvalue weighted by atomic mass is 19.4. The Hall–Kier alpha value is -1.56. The lowest BCUT2D eigenvalue weighted by atomic mass is 10.1. The van der Waals surface area contributed by atoms with E-state index in [0.717, 1.165) is 18.3 Å². The zero-order valence-corrected chi connectivity index (χ0v) is 9.54. The van der Waals surface area contributed by atoms with Crippen molar-refractivity contribution in [2.24, 2.45) is 5.73 Å². The van der Waals surface area contributed by atoms with Gasteiger partial charge in [0.25, 0.3) is 0 Å². The molecule has 3 nitrogen and oxygen atoms in total. The van der Waals surface area contributed by atoms with Gasteiger partial charge in [-0.1, -0.05) is 0 Å². The molecule has 96 valence electrons. The fraction of sp³-hybridized carbons (Fsp3) is 0.417. The van der Waals surface area contributed by atoms with Gasteiger partial charge >= 0.3 is 6.18 Å². The number of halogens is 3. The summed E-state index contributed by atoms with van der Waals surface area (Å²) in [4.78, 5) is 4.34. The van der Waals surface area contributed by atoms with Crippen molar-refractivity contribution in [1.82, 2.24) is 9.55 Å². The van der Waals surface area contributed by atoms with E-state index in [-0.39, 0.29) is 6.04 Å². The molecule has 2 N–H and O–H groups in total. The summed E-state index contributed by atoms with van der Waals surface area (Å²) in [5.41, 5.74) is 6.36. The van der Waals surface area contributed by atoms with Gasteiger partial charge < -0.3 is 10.3 Å². The van der Waals surface area contributed by atoms with Crippen molar-refractivity contribution in [3.8, 4) is 0 Å². The van der Waals surface area contributed by atoms with E-state index in [9.17, 15) is 13.2 Å². The summed E-state index contributed by atoms with van der Waals surface area (Å²) in [6, 6.07) is 3.72. The molecule has 6 heteroatoms. The maximum atomic E-state index is 12.7. The van der Waals surface area contributed by atoms with E-state index >= 15 is 0 Å². The van der Waals surface area contributed by atoms with E-state index in [1.165, 1.54) is 12.1 Å². The van der Waals surface area contributed by atoms with Gasteiger partial charge in [0.2, 0.25) is 0 Å². The number of benzene rings is 1. The number of imidazole rings is 1. The smallest absolute Gasteiger partial charge is 0.328 e. The van der Waals surface area contributed by atoms with E-state index < -0.39 is 11.7 Å². The van der Waals surface area contributed by atoms with Gasteiger partial charge in [0.15, 0.2) is 0 Å². The molecule has 0 bridgehead atoms. The van der Waals surface area contributed by atoms with Gasteiger partial charge in [-0.15, -0.1) is 0 Å². The average Bonchev–Trinajstić information content (AvgIpc) is 2.63. The Labute approximate surface area is 101 Å². The number of hydrogen-bond acceptors (Lipinski definition) is 2. The van der Waals surface area contributed by atoms with E-state index in [2.05, 4.69) is 4.98 Å². The minimum absolute atomic E-state index is 0.0522. The standard InChI is InChI=1S/C12H12F3N3/c13-12(14,15)7-1-2-9-10(5-7)18-4-3-8(16)6-11(18)17-9/h1-2,5,8H,3-4,6,16H2. The van der Waals surface area contributed by atoms with Crippen LogP contribution in [-0.2, 0) is 19.1 Å². The van der Waals surface area contributed by atoms with E-state index in [4.69, 9.17) is 5.73 Å². The predicted molar refractivity (Wildman–Crippen MR) is 61.0 cm³/mol. The molecule has 1 aromatic carbocycles. The van der Waals surface area contributed by atoms with Gasteiger partial charge in [-0.05, 0) is 24.6 Å². The van der Waals surface area contributed by atoms with Gasteiger partial charge in [-0.2, -0.15) is 13.2 Å². The number of alkyl halides is 3. The summed E-state index contributed by atoms with van der Waals surface area (Å²) < 4.78 is 39.8. The van der Waals surface area contributed by atoms with E-state index in [0.29, 0.717) is 24.0 Å². The molecule has 0 fully saturated rings. The number of fused-ring (bicyclic) bond motifs is 3. The first-order chi connectivity index (χ1) is 8.45. The fourth-order valence-electron chi connectivity index (χ4n) is 2.39. The first-order valence-corrected chi connectivity index (χ1v) is 5.77. The first-order valence-electron chi connectivity index (χ1n) is 5.77. The lowest BCUT2D eigenvalue weighted by molar-refractivity contribution is -0.137. The molecule has 2 aromatic rings. The van der Waals surface area contributed by atoms with Crippen LogP contribution in [0.3, 0.4) is 0 Å². The molecule has 1 aliphatic rings. The van der Waals surface area contributed by atoms with Crippen LogP contribution in [-0.4, -0.2) is 15.6 Å². The van der Waals surface area contributed by atoms with Crippen LogP contribution >= 0.6 is 0 Å². The minimum Gasteiger partial charge on any atom is -0.328 e. The van der Waals surface area contributed by atoms with Crippen LogP contribution < -0.4 is 5.73 Å². The summed E-state index contributed by atoms with van der Waals surface area (Å²) >= 11 is 0. The molecule has 1 unspecified atom stereocenters. The molecule has 3 rings (SSSR count). The molecule has 0 saturated heterocycles. The lowest BCUT2D eigenvalue weighted by Crippen LogP contribution is -2.30. The van der Waals surface area contributed by atoms with Gasteiger partial charge in [0, 0.05) is 19.0 Å². The summed E-state index contributed by atoms with van der Waals surface area (Å²) in [5.74, 6) is 0.781. The summed E-state index contributed by atoms with van der Waals surface area (Å²) in [7, 11) is 0. The number of rotatable bonds is 0. The molecule has 0 radical (unpaired) electrons. The Morgan fingerprint density at radius 1 is 1.33 bits per heavy atom. The van der Waals surface area contributed by atoms with Crippen LogP contribution in [0, 0.1) is 0 Å². The van der Waals surface area contributed by atoms with Crippen LogP contribution in [0.25, 0.3) is 11.0 Å². The predicted octanol–water partition coefficient (Wildman–Crippen LogP) is 2.33. The molecular formula is C12H12F3N3. The molecule has 1 aliphatic heterocycles. The van der Waals surface area contributed by atoms with Crippen LogP contribution in [0.1, 0.15) is 17.8 Å². The van der Waals surface area contributed by atoms with Gasteiger partial charge in [-0.25, -0.2) is 4.98 Å². The Balaban J connectivity index is 2.17. The second-order valence-electron chi connectivity index (χ2n) is 4.63. The van der Waals surface area contributed by atoms with Crippen LogP contribution in [0.2, 0.25) is 0 Å². The zero-order valence-electron chi connectivity index (χ0n) is 9.54. The summed E-state index contributed by atoms with van der Waals surface area (Å²) in [6.07, 6.45) is -2.92. The first kappa shape index (κ1) is 11.5. The van der Waals surface area contributed by atoms with Crippen LogP contribution in [0.15, 0.2) is 18.2 Å². The number of aryl methyl sites for hydroxylation is 1. The highest BCUT2D eigenvalue weighted by Crippen LogP contribution is 2.32. The zero-order chi connectivity index (χ0) is 12.9. The van der Waals surface area contributed by atoms with Crippen molar-refractivity contribution in [2.75, 3.05) is 0 Å². The largest absolute Gasteiger partial charge is 0.416 e. The highest BCUT2D eigenvalue weighted by Gasteiger charge is 2.31. The third-order valence-electron chi connectivity index (χ3n) is 3.32. The monoisotopic (exact) mass is 255 g/mol. The quantitative estimate of drug-likeness (QED) is 0.785. The number of nitrogens with zero attached hydrogens (tertiary/aromatic N) is 2. The molecule has 1 atom stereocenters. The second-order valence-corrected chi connectivity index (χ2v) is 4.63. The van der Waals surface area contributed by atoms with Gasteiger partial charge in [0.05, 0.1) is 16.6 Å². The molecular weight excluding hydrogens is 243 g/mol. The van der Waals surface area contributed by atoms with Crippen molar-refractivity contribution < 1.29 is 13.2 Å². The van der Waals surface area contributed by atoms with Gasteiger partial charge in [0.1, 0.15) is 5.82 Å². The number of hydrogen-bond donors (Lipinski definition) is 1. The Morgan fingerprint density at radius 3 is 2.83 bits per heavy atom. The molecule has 18 heavy (non-hydrogen) atoms.